The molecule has 0 radical (unpaired) electrons. The van der Waals surface area contributed by atoms with Crippen LogP contribution in [0.15, 0.2) is 72.8 Å². The molecule has 0 amide bonds. The lowest BCUT2D eigenvalue weighted by molar-refractivity contribution is 0.416. The highest BCUT2D eigenvalue weighted by molar-refractivity contribution is 6.12. The molecule has 5 rings (SSSR count). The molecule has 0 spiro atoms. The number of pyridine rings is 1. The quantitative estimate of drug-likeness (QED) is 0.441. The van der Waals surface area contributed by atoms with E-state index in [1.165, 1.54) is 10.8 Å². The normalized spacial score (nSPS) is 11.4. The van der Waals surface area contributed by atoms with E-state index in [1.54, 1.807) is 7.11 Å². The summed E-state index contributed by atoms with van der Waals surface area (Å²) in [6, 6.07) is 24.6. The summed E-state index contributed by atoms with van der Waals surface area (Å²) in [4.78, 5) is 0. The largest absolute Gasteiger partial charge is 0.496 e. The Hall–Kier alpha value is -3.40. The average molecular weight is 325 g/mol. The van der Waals surface area contributed by atoms with Gasteiger partial charge < -0.3 is 4.74 Å². The van der Waals surface area contributed by atoms with Crippen molar-refractivity contribution in [1.82, 2.24) is 14.6 Å². The number of nitrogens with zero attached hydrogens (tertiary/aromatic N) is 3. The molecule has 25 heavy (non-hydrogen) atoms. The molecule has 0 N–H and O–H groups in total. The number of methoxy groups -OCH3 is 1. The molecule has 5 aromatic rings. The molecule has 4 nitrogen and oxygen atoms in total. The first kappa shape index (κ1) is 14.0. The van der Waals surface area contributed by atoms with Crippen molar-refractivity contribution in [3.63, 3.8) is 0 Å². The highest BCUT2D eigenvalue weighted by Crippen LogP contribution is 2.34. The third-order valence-corrected chi connectivity index (χ3v) is 4.61. The van der Waals surface area contributed by atoms with Gasteiger partial charge in [0.2, 0.25) is 0 Å². The minimum absolute atomic E-state index is 0.786. The summed E-state index contributed by atoms with van der Waals surface area (Å²) < 4.78 is 7.66. The predicted molar refractivity (Wildman–Crippen MR) is 100.0 cm³/mol. The summed E-state index contributed by atoms with van der Waals surface area (Å²) in [6.45, 7) is 0. The number of benzene rings is 3. The van der Waals surface area contributed by atoms with Crippen molar-refractivity contribution in [1.29, 1.82) is 0 Å². The molecular formula is C21H15N3O. The maximum absolute atomic E-state index is 5.54. The molecule has 0 saturated heterocycles. The van der Waals surface area contributed by atoms with Gasteiger partial charge in [-0.15, -0.1) is 10.2 Å². The van der Waals surface area contributed by atoms with Crippen LogP contribution >= 0.6 is 0 Å². The molecule has 3 aromatic carbocycles. The lowest BCUT2D eigenvalue weighted by Crippen LogP contribution is -1.96. The first-order valence-corrected chi connectivity index (χ1v) is 8.16. The molecule has 2 aromatic heterocycles. The summed E-state index contributed by atoms with van der Waals surface area (Å²) in [7, 11) is 1.68. The van der Waals surface area contributed by atoms with E-state index in [2.05, 4.69) is 51.0 Å². The molecule has 0 aliphatic heterocycles. The topological polar surface area (TPSA) is 39.4 Å². The van der Waals surface area contributed by atoms with Gasteiger partial charge in [-0.3, -0.25) is 4.40 Å². The van der Waals surface area contributed by atoms with Crippen molar-refractivity contribution in [3.05, 3.63) is 72.8 Å². The number of para-hydroxylation sites is 2. The monoisotopic (exact) mass is 325 g/mol. The van der Waals surface area contributed by atoms with Crippen molar-refractivity contribution in [2.75, 3.05) is 7.11 Å². The van der Waals surface area contributed by atoms with Crippen LogP contribution in [0.4, 0.5) is 0 Å². The van der Waals surface area contributed by atoms with Crippen LogP contribution in [0.3, 0.4) is 0 Å². The number of aromatic nitrogens is 3. The maximum Gasteiger partial charge on any atom is 0.172 e. The molecule has 0 unspecified atom stereocenters. The fourth-order valence-corrected chi connectivity index (χ4v) is 3.50. The third kappa shape index (κ3) is 1.94. The van der Waals surface area contributed by atoms with Gasteiger partial charge >= 0.3 is 0 Å². The zero-order chi connectivity index (χ0) is 16.8. The molecule has 2 heterocycles. The minimum Gasteiger partial charge on any atom is -0.496 e. The van der Waals surface area contributed by atoms with Gasteiger partial charge in [0.15, 0.2) is 11.5 Å². The molecule has 4 heteroatoms. The molecule has 0 bridgehead atoms. The Morgan fingerprint density at radius 2 is 1.40 bits per heavy atom. The molecular weight excluding hydrogens is 310 g/mol. The van der Waals surface area contributed by atoms with E-state index in [0.29, 0.717) is 0 Å². The number of ether oxygens (including phenoxy) is 1. The van der Waals surface area contributed by atoms with Gasteiger partial charge in [-0.2, -0.15) is 0 Å². The Balaban J connectivity index is 2.01. The van der Waals surface area contributed by atoms with Crippen LogP contribution in [0.25, 0.3) is 38.7 Å². The summed E-state index contributed by atoms with van der Waals surface area (Å²) >= 11 is 0. The van der Waals surface area contributed by atoms with Crippen molar-refractivity contribution >= 4 is 27.3 Å². The van der Waals surface area contributed by atoms with Crippen LogP contribution in [0.5, 0.6) is 5.75 Å². The van der Waals surface area contributed by atoms with Crippen molar-refractivity contribution in [2.24, 2.45) is 0 Å². The zero-order valence-electron chi connectivity index (χ0n) is 13.7. The van der Waals surface area contributed by atoms with Crippen molar-refractivity contribution in [3.8, 4) is 17.1 Å². The highest BCUT2D eigenvalue weighted by atomic mass is 16.5. The zero-order valence-corrected chi connectivity index (χ0v) is 13.7. The van der Waals surface area contributed by atoms with Gasteiger partial charge in [-0.05, 0) is 23.6 Å². The number of hydrogen-bond acceptors (Lipinski definition) is 3. The van der Waals surface area contributed by atoms with Crippen LogP contribution in [0.1, 0.15) is 0 Å². The lowest BCUT2D eigenvalue weighted by atomic mass is 10.1. The number of fused-ring (bicyclic) bond motifs is 6. The van der Waals surface area contributed by atoms with E-state index in [4.69, 9.17) is 4.74 Å². The van der Waals surface area contributed by atoms with Crippen LogP contribution in [0.2, 0.25) is 0 Å². The minimum atomic E-state index is 0.786. The fourth-order valence-electron chi connectivity index (χ4n) is 3.50. The van der Waals surface area contributed by atoms with E-state index in [1.807, 2.05) is 36.4 Å². The summed E-state index contributed by atoms with van der Waals surface area (Å²) in [5, 5.41) is 12.5. The summed E-state index contributed by atoms with van der Waals surface area (Å²) in [6.07, 6.45) is 0. The van der Waals surface area contributed by atoms with Crippen molar-refractivity contribution < 1.29 is 4.74 Å². The smallest absolute Gasteiger partial charge is 0.172 e. The van der Waals surface area contributed by atoms with E-state index < -0.39 is 0 Å². The second-order valence-electron chi connectivity index (χ2n) is 5.95. The first-order valence-electron chi connectivity index (χ1n) is 8.16. The highest BCUT2D eigenvalue weighted by Gasteiger charge is 2.17. The third-order valence-electron chi connectivity index (χ3n) is 4.61. The standard InChI is InChI=1S/C21H15N3O/c1-25-19-13-7-5-11-17(19)21-23-22-20-16-10-3-2-8-14(16)15-9-4-6-12-18(15)24(20)21/h2-13H,1H3. The molecule has 0 aliphatic carbocycles. The molecule has 0 fully saturated rings. The van der Waals surface area contributed by atoms with Gasteiger partial charge in [0.25, 0.3) is 0 Å². The van der Waals surface area contributed by atoms with Crippen molar-refractivity contribution in [2.45, 2.75) is 0 Å². The summed E-state index contributed by atoms with van der Waals surface area (Å²) in [5.74, 6) is 1.57. The fraction of sp³-hybridized carbons (Fsp3) is 0.0476. The van der Waals surface area contributed by atoms with Gasteiger partial charge in [-0.1, -0.05) is 54.6 Å². The maximum atomic E-state index is 5.54. The Labute approximate surface area is 144 Å². The molecule has 0 atom stereocenters. The Morgan fingerprint density at radius 1 is 0.720 bits per heavy atom. The lowest BCUT2D eigenvalue weighted by Gasteiger charge is -2.11. The van der Waals surface area contributed by atoms with Crippen LogP contribution in [-0.4, -0.2) is 21.7 Å². The summed E-state index contributed by atoms with van der Waals surface area (Å²) in [5.41, 5.74) is 2.87. The Morgan fingerprint density at radius 3 is 2.24 bits per heavy atom. The Bertz CT molecular complexity index is 1240. The Kier molecular flexibility index (Phi) is 2.97. The van der Waals surface area contributed by atoms with Crippen LogP contribution in [-0.2, 0) is 0 Å². The second-order valence-corrected chi connectivity index (χ2v) is 5.95. The second kappa shape index (κ2) is 5.31. The average Bonchev–Trinajstić information content (AvgIpc) is 3.13. The van der Waals surface area contributed by atoms with Crippen LogP contribution in [0, 0.1) is 0 Å². The molecule has 0 saturated carbocycles. The van der Waals surface area contributed by atoms with E-state index >= 15 is 0 Å². The van der Waals surface area contributed by atoms with Gasteiger partial charge in [-0.25, -0.2) is 0 Å². The predicted octanol–water partition coefficient (Wildman–Crippen LogP) is 4.71. The molecule has 0 aliphatic rings. The SMILES string of the molecule is COc1ccccc1-c1nnc2c3ccccc3c3ccccc3n12. The van der Waals surface area contributed by atoms with Gasteiger partial charge in [0, 0.05) is 10.8 Å². The molecule has 120 valence electrons. The number of rotatable bonds is 2. The van der Waals surface area contributed by atoms with Gasteiger partial charge in [0.1, 0.15) is 5.75 Å². The van der Waals surface area contributed by atoms with E-state index in [-0.39, 0.29) is 0 Å². The van der Waals surface area contributed by atoms with Gasteiger partial charge in [0.05, 0.1) is 18.2 Å². The number of hydrogen-bond donors (Lipinski definition) is 0. The first-order chi connectivity index (χ1) is 12.4. The van der Waals surface area contributed by atoms with E-state index in [9.17, 15) is 0 Å². The van der Waals surface area contributed by atoms with E-state index in [0.717, 1.165) is 33.7 Å². The van der Waals surface area contributed by atoms with Crippen LogP contribution < -0.4 is 4.74 Å².